The second kappa shape index (κ2) is 6.29. The molecule has 1 fully saturated rings. The van der Waals surface area contributed by atoms with E-state index >= 15 is 0 Å². The van der Waals surface area contributed by atoms with Crippen LogP contribution >= 0.6 is 15.9 Å². The normalized spacial score (nSPS) is 21.6. The molecule has 2 atom stereocenters. The van der Waals surface area contributed by atoms with Crippen molar-refractivity contribution in [3.8, 4) is 0 Å². The third-order valence-electron chi connectivity index (χ3n) is 3.47. The van der Waals surface area contributed by atoms with Gasteiger partial charge in [0.1, 0.15) is 5.56 Å². The molecule has 0 spiro atoms. The van der Waals surface area contributed by atoms with Crippen molar-refractivity contribution < 1.29 is 26.7 Å². The van der Waals surface area contributed by atoms with Gasteiger partial charge in [-0.3, -0.25) is 4.79 Å². The minimum Gasteiger partial charge on any atom is -0.352 e. The van der Waals surface area contributed by atoms with Crippen LogP contribution in [0.5, 0.6) is 0 Å². The van der Waals surface area contributed by atoms with Gasteiger partial charge in [0.05, 0.1) is 0 Å². The summed E-state index contributed by atoms with van der Waals surface area (Å²) < 4.78 is 65.7. The molecule has 1 amide bonds. The molecule has 0 aromatic heterocycles. The van der Waals surface area contributed by atoms with Crippen LogP contribution in [0.4, 0.5) is 22.0 Å². The second-order valence-electron chi connectivity index (χ2n) is 4.93. The van der Waals surface area contributed by atoms with Crippen LogP contribution in [0, 0.1) is 35.0 Å². The van der Waals surface area contributed by atoms with E-state index in [0.29, 0.717) is 4.83 Å². The average Bonchev–Trinajstić information content (AvgIpc) is 2.86. The lowest BCUT2D eigenvalue weighted by atomic mass is 10.1. The Morgan fingerprint density at radius 3 is 2.00 bits per heavy atom. The molecule has 1 aromatic carbocycles. The summed E-state index contributed by atoms with van der Waals surface area (Å²) in [5, 5.41) is 2.22. The fraction of sp³-hybridized carbons (Fsp3) is 0.462. The van der Waals surface area contributed by atoms with Gasteiger partial charge in [0.25, 0.3) is 5.91 Å². The van der Waals surface area contributed by atoms with Crippen molar-refractivity contribution in [1.82, 2.24) is 5.32 Å². The number of hydrogen-bond donors (Lipinski definition) is 1. The van der Waals surface area contributed by atoms with E-state index in [9.17, 15) is 26.7 Å². The molecule has 1 aromatic rings. The van der Waals surface area contributed by atoms with Gasteiger partial charge in [0, 0.05) is 11.4 Å². The van der Waals surface area contributed by atoms with Crippen molar-refractivity contribution in [1.29, 1.82) is 0 Å². The summed E-state index contributed by atoms with van der Waals surface area (Å²) in [4.78, 5) is 12.0. The number of carbonyl (C=O) groups is 1. The van der Waals surface area contributed by atoms with Crippen LogP contribution in [0.1, 0.15) is 29.6 Å². The molecule has 8 heteroatoms. The highest BCUT2D eigenvalue weighted by Crippen LogP contribution is 2.30. The molecular weight excluding hydrogens is 361 g/mol. The Labute approximate surface area is 125 Å². The van der Waals surface area contributed by atoms with Crippen molar-refractivity contribution in [2.24, 2.45) is 5.92 Å². The molecule has 0 bridgehead atoms. The Bertz CT molecular complexity index is 551. The van der Waals surface area contributed by atoms with E-state index in [1.807, 2.05) is 0 Å². The molecule has 1 aliphatic rings. The molecule has 1 saturated carbocycles. The second-order valence-corrected chi connectivity index (χ2v) is 6.23. The molecule has 1 N–H and O–H groups in total. The lowest BCUT2D eigenvalue weighted by Gasteiger charge is -2.12. The Morgan fingerprint density at radius 2 is 1.52 bits per heavy atom. The van der Waals surface area contributed by atoms with E-state index < -0.39 is 40.6 Å². The van der Waals surface area contributed by atoms with Crippen LogP contribution < -0.4 is 5.32 Å². The Morgan fingerprint density at radius 1 is 1.00 bits per heavy atom. The summed E-state index contributed by atoms with van der Waals surface area (Å²) >= 11 is 3.41. The molecule has 0 heterocycles. The molecule has 2 rings (SSSR count). The van der Waals surface area contributed by atoms with Crippen LogP contribution in [0.2, 0.25) is 0 Å². The highest BCUT2D eigenvalue weighted by molar-refractivity contribution is 9.09. The first kappa shape index (κ1) is 16.2. The van der Waals surface area contributed by atoms with Crippen molar-refractivity contribution in [2.75, 3.05) is 6.54 Å². The fourth-order valence-electron chi connectivity index (χ4n) is 2.33. The summed E-state index contributed by atoms with van der Waals surface area (Å²) in [5.41, 5.74) is -1.44. The van der Waals surface area contributed by atoms with Gasteiger partial charge in [-0.2, -0.15) is 0 Å². The lowest BCUT2D eigenvalue weighted by molar-refractivity contribution is 0.0935. The minimum atomic E-state index is -2.28. The summed E-state index contributed by atoms with van der Waals surface area (Å²) in [5.74, 6) is -12.0. The molecular formula is C13H11BrF5NO. The molecule has 116 valence electrons. The van der Waals surface area contributed by atoms with Crippen molar-refractivity contribution in [3.63, 3.8) is 0 Å². The van der Waals surface area contributed by atoms with Gasteiger partial charge < -0.3 is 5.32 Å². The van der Waals surface area contributed by atoms with Gasteiger partial charge in [-0.05, 0) is 25.2 Å². The third-order valence-corrected chi connectivity index (χ3v) is 4.30. The van der Waals surface area contributed by atoms with Crippen molar-refractivity contribution in [3.05, 3.63) is 34.6 Å². The average molecular weight is 372 g/mol. The van der Waals surface area contributed by atoms with E-state index in [1.165, 1.54) is 0 Å². The Hall–Kier alpha value is -1.18. The standard InChI is InChI=1S/C13H11BrF5NO/c14-6-2-1-5(3-6)4-20-13(21)7-8(15)10(17)12(19)11(18)9(7)16/h5-6H,1-4H2,(H,20,21). The summed E-state index contributed by atoms with van der Waals surface area (Å²) in [6, 6.07) is 0. The highest BCUT2D eigenvalue weighted by atomic mass is 79.9. The number of nitrogens with one attached hydrogen (secondary N) is 1. The van der Waals surface area contributed by atoms with E-state index in [4.69, 9.17) is 0 Å². The van der Waals surface area contributed by atoms with Gasteiger partial charge in [0.2, 0.25) is 5.82 Å². The van der Waals surface area contributed by atoms with E-state index in [1.54, 1.807) is 0 Å². The third kappa shape index (κ3) is 3.20. The number of hydrogen-bond acceptors (Lipinski definition) is 1. The number of amides is 1. The number of rotatable bonds is 3. The zero-order valence-corrected chi connectivity index (χ0v) is 12.2. The van der Waals surface area contributed by atoms with Crippen molar-refractivity contribution in [2.45, 2.75) is 24.1 Å². The number of halogens is 6. The quantitative estimate of drug-likeness (QED) is 0.373. The Balaban J connectivity index is 2.16. The molecule has 1 aliphatic carbocycles. The highest BCUT2D eigenvalue weighted by Gasteiger charge is 2.30. The predicted octanol–water partition coefficient (Wildman–Crippen LogP) is 3.68. The maximum Gasteiger partial charge on any atom is 0.257 e. The van der Waals surface area contributed by atoms with Gasteiger partial charge in [-0.1, -0.05) is 15.9 Å². The first-order valence-corrected chi connectivity index (χ1v) is 7.18. The molecule has 2 nitrogen and oxygen atoms in total. The SMILES string of the molecule is O=C(NCC1CCC(Br)C1)c1c(F)c(F)c(F)c(F)c1F. The first-order chi connectivity index (χ1) is 9.82. The molecule has 2 unspecified atom stereocenters. The van der Waals surface area contributed by atoms with Crippen LogP contribution in [0.25, 0.3) is 0 Å². The lowest BCUT2D eigenvalue weighted by Crippen LogP contribution is -2.31. The number of benzene rings is 1. The van der Waals surface area contributed by atoms with Gasteiger partial charge in [-0.15, -0.1) is 0 Å². The van der Waals surface area contributed by atoms with Crippen LogP contribution in [0.3, 0.4) is 0 Å². The van der Waals surface area contributed by atoms with Gasteiger partial charge in [-0.25, -0.2) is 22.0 Å². The number of alkyl halides is 1. The fourth-order valence-corrected chi connectivity index (χ4v) is 3.12. The van der Waals surface area contributed by atoms with Crippen molar-refractivity contribution >= 4 is 21.8 Å². The van der Waals surface area contributed by atoms with E-state index in [0.717, 1.165) is 19.3 Å². The van der Waals surface area contributed by atoms with Crippen LogP contribution in [-0.2, 0) is 0 Å². The molecule has 0 aliphatic heterocycles. The van der Waals surface area contributed by atoms with E-state index in [-0.39, 0.29) is 12.5 Å². The topological polar surface area (TPSA) is 29.1 Å². The molecule has 0 radical (unpaired) electrons. The van der Waals surface area contributed by atoms with Gasteiger partial charge in [0.15, 0.2) is 23.3 Å². The van der Waals surface area contributed by atoms with E-state index in [2.05, 4.69) is 21.2 Å². The Kier molecular flexibility index (Phi) is 4.85. The summed E-state index contributed by atoms with van der Waals surface area (Å²) in [7, 11) is 0. The molecule has 0 saturated heterocycles. The predicted molar refractivity (Wildman–Crippen MR) is 68.6 cm³/mol. The first-order valence-electron chi connectivity index (χ1n) is 6.26. The van der Waals surface area contributed by atoms with Gasteiger partial charge >= 0.3 is 0 Å². The summed E-state index contributed by atoms with van der Waals surface area (Å²) in [6.45, 7) is 0.125. The zero-order chi connectivity index (χ0) is 15.7. The smallest absolute Gasteiger partial charge is 0.257 e. The van der Waals surface area contributed by atoms with Crippen LogP contribution in [-0.4, -0.2) is 17.3 Å². The monoisotopic (exact) mass is 371 g/mol. The largest absolute Gasteiger partial charge is 0.352 e. The minimum absolute atomic E-state index is 0.111. The number of carbonyl (C=O) groups excluding carboxylic acids is 1. The maximum atomic E-state index is 13.4. The summed E-state index contributed by atoms with van der Waals surface area (Å²) in [6.07, 6.45) is 2.49. The van der Waals surface area contributed by atoms with Crippen LogP contribution in [0.15, 0.2) is 0 Å². The maximum absolute atomic E-state index is 13.4. The molecule has 21 heavy (non-hydrogen) atoms. The zero-order valence-electron chi connectivity index (χ0n) is 10.7.